The molecule has 122 valence electrons. The molecule has 0 aliphatic rings. The van der Waals surface area contributed by atoms with Crippen molar-refractivity contribution in [3.8, 4) is 0 Å². The first-order valence-corrected chi connectivity index (χ1v) is 8.24. The molecule has 4 nitrogen and oxygen atoms in total. The molecule has 0 spiro atoms. The van der Waals surface area contributed by atoms with E-state index in [0.29, 0.717) is 6.42 Å². The van der Waals surface area contributed by atoms with Crippen LogP contribution in [0.5, 0.6) is 0 Å². The van der Waals surface area contributed by atoms with Crippen LogP contribution < -0.4 is 4.90 Å². The van der Waals surface area contributed by atoms with Crippen molar-refractivity contribution in [3.05, 3.63) is 24.3 Å². The molecule has 0 saturated heterocycles. The Morgan fingerprint density at radius 2 is 1.95 bits per heavy atom. The zero-order valence-corrected chi connectivity index (χ0v) is 15.0. The molecule has 1 amide bonds. The number of benzene rings is 1. The fraction of sp³-hybridized carbons (Fsp3) is 0.500. The van der Waals surface area contributed by atoms with E-state index in [1.165, 1.54) is 0 Å². The second-order valence-corrected chi connectivity index (χ2v) is 6.43. The van der Waals surface area contributed by atoms with Crippen molar-refractivity contribution in [2.24, 2.45) is 0 Å². The maximum Gasteiger partial charge on any atom is 0.228 e. The number of anilines is 1. The number of fused-ring (bicyclic) bond motifs is 1. The Morgan fingerprint density at radius 1 is 1.23 bits per heavy atom. The highest BCUT2D eigenvalue weighted by Gasteiger charge is 2.18. The summed E-state index contributed by atoms with van der Waals surface area (Å²) in [5, 5.41) is 0.827. The molecule has 1 aromatic carbocycles. The van der Waals surface area contributed by atoms with Crippen LogP contribution >= 0.6 is 23.7 Å². The number of thiazole rings is 1. The third-order valence-corrected chi connectivity index (χ3v) is 4.32. The second kappa shape index (κ2) is 9.08. The van der Waals surface area contributed by atoms with Crippen LogP contribution in [-0.2, 0) is 4.79 Å². The van der Waals surface area contributed by atoms with Gasteiger partial charge < -0.3 is 4.90 Å². The first-order valence-electron chi connectivity index (χ1n) is 7.42. The minimum absolute atomic E-state index is 0. The minimum atomic E-state index is 0. The van der Waals surface area contributed by atoms with Gasteiger partial charge in [0, 0.05) is 13.0 Å². The van der Waals surface area contributed by atoms with E-state index < -0.39 is 0 Å². The van der Waals surface area contributed by atoms with Crippen LogP contribution in [0.2, 0.25) is 0 Å². The van der Waals surface area contributed by atoms with Crippen molar-refractivity contribution >= 4 is 45.0 Å². The molecule has 6 heteroatoms. The molecule has 2 rings (SSSR count). The van der Waals surface area contributed by atoms with Gasteiger partial charge in [-0.1, -0.05) is 30.4 Å². The first kappa shape index (κ1) is 18.9. The van der Waals surface area contributed by atoms with Gasteiger partial charge in [-0.05, 0) is 45.6 Å². The average Bonchev–Trinajstić information content (AvgIpc) is 2.86. The van der Waals surface area contributed by atoms with E-state index in [1.54, 1.807) is 11.3 Å². The standard InChI is InChI=1S/C16H23N3OS.ClH/c1-4-8-15(20)19(12-7-11-18(2)3)16-17-13-9-5-6-10-14(13)21-16;/h5-6,9-10H,4,7-8,11-12H2,1-3H3;1H. The number of hydrogen-bond acceptors (Lipinski definition) is 4. The molecular formula is C16H24ClN3OS. The number of carbonyl (C=O) groups is 1. The van der Waals surface area contributed by atoms with E-state index in [1.807, 2.05) is 30.0 Å². The van der Waals surface area contributed by atoms with Crippen LogP contribution in [0.3, 0.4) is 0 Å². The summed E-state index contributed by atoms with van der Waals surface area (Å²) in [6, 6.07) is 8.04. The summed E-state index contributed by atoms with van der Waals surface area (Å²) in [4.78, 5) is 21.0. The highest BCUT2D eigenvalue weighted by Crippen LogP contribution is 2.29. The van der Waals surface area contributed by atoms with Crippen LogP contribution in [0.15, 0.2) is 24.3 Å². The molecule has 0 atom stereocenters. The molecule has 0 saturated carbocycles. The molecule has 0 radical (unpaired) electrons. The Kier molecular flexibility index (Phi) is 7.79. The fourth-order valence-electron chi connectivity index (χ4n) is 2.20. The number of rotatable bonds is 7. The summed E-state index contributed by atoms with van der Waals surface area (Å²) in [5.74, 6) is 0.176. The number of amides is 1. The van der Waals surface area contributed by atoms with Crippen LogP contribution in [-0.4, -0.2) is 43.0 Å². The van der Waals surface area contributed by atoms with Gasteiger partial charge >= 0.3 is 0 Å². The van der Waals surface area contributed by atoms with Crippen LogP contribution in [0.4, 0.5) is 5.13 Å². The topological polar surface area (TPSA) is 36.4 Å². The molecule has 0 aliphatic heterocycles. The molecular weight excluding hydrogens is 318 g/mol. The van der Waals surface area contributed by atoms with Crippen molar-refractivity contribution < 1.29 is 4.79 Å². The van der Waals surface area contributed by atoms with E-state index in [4.69, 9.17) is 0 Å². The van der Waals surface area contributed by atoms with Crippen molar-refractivity contribution in [2.45, 2.75) is 26.2 Å². The molecule has 0 aliphatic carbocycles. The van der Waals surface area contributed by atoms with Crippen molar-refractivity contribution in [2.75, 3.05) is 32.1 Å². The number of aromatic nitrogens is 1. The number of carbonyl (C=O) groups excluding carboxylic acids is 1. The summed E-state index contributed by atoms with van der Waals surface area (Å²) in [7, 11) is 4.10. The Balaban J connectivity index is 0.00000242. The molecule has 1 heterocycles. The van der Waals surface area contributed by atoms with Crippen LogP contribution in [0.1, 0.15) is 26.2 Å². The smallest absolute Gasteiger partial charge is 0.228 e. The molecule has 0 unspecified atom stereocenters. The van der Waals surface area contributed by atoms with E-state index in [2.05, 4.69) is 30.0 Å². The fourth-order valence-corrected chi connectivity index (χ4v) is 3.21. The van der Waals surface area contributed by atoms with Gasteiger partial charge in [0.05, 0.1) is 10.2 Å². The monoisotopic (exact) mass is 341 g/mol. The highest BCUT2D eigenvalue weighted by molar-refractivity contribution is 7.22. The van der Waals surface area contributed by atoms with Gasteiger partial charge in [-0.25, -0.2) is 4.98 Å². The minimum Gasteiger partial charge on any atom is -0.309 e. The van der Waals surface area contributed by atoms with Crippen LogP contribution in [0.25, 0.3) is 10.2 Å². The van der Waals surface area contributed by atoms with Crippen molar-refractivity contribution in [3.63, 3.8) is 0 Å². The van der Waals surface area contributed by atoms with E-state index >= 15 is 0 Å². The number of para-hydroxylation sites is 1. The lowest BCUT2D eigenvalue weighted by atomic mass is 10.3. The normalized spacial score (nSPS) is 10.7. The van der Waals surface area contributed by atoms with Crippen molar-refractivity contribution in [1.82, 2.24) is 9.88 Å². The second-order valence-electron chi connectivity index (χ2n) is 5.42. The maximum absolute atomic E-state index is 12.4. The third-order valence-electron chi connectivity index (χ3n) is 3.27. The van der Waals surface area contributed by atoms with Gasteiger partial charge in [-0.3, -0.25) is 9.69 Å². The van der Waals surface area contributed by atoms with Gasteiger partial charge in [0.2, 0.25) is 5.91 Å². The summed E-state index contributed by atoms with van der Waals surface area (Å²) < 4.78 is 1.13. The Morgan fingerprint density at radius 3 is 2.59 bits per heavy atom. The van der Waals surface area contributed by atoms with Gasteiger partial charge in [-0.2, -0.15) is 0 Å². The molecule has 0 fully saturated rings. The summed E-state index contributed by atoms with van der Waals surface area (Å²) in [5.41, 5.74) is 0.972. The van der Waals surface area contributed by atoms with Crippen molar-refractivity contribution in [1.29, 1.82) is 0 Å². The van der Waals surface area contributed by atoms with Crippen LogP contribution in [0, 0.1) is 0 Å². The Hall–Kier alpha value is -1.17. The number of nitrogens with zero attached hydrogens (tertiary/aromatic N) is 3. The van der Waals surface area contributed by atoms with E-state index in [0.717, 1.165) is 41.3 Å². The van der Waals surface area contributed by atoms with Gasteiger partial charge in [0.15, 0.2) is 5.13 Å². The Bertz CT molecular complexity index is 567. The largest absolute Gasteiger partial charge is 0.309 e. The SMILES string of the molecule is CCCC(=O)N(CCCN(C)C)c1nc2ccccc2s1.Cl. The zero-order valence-electron chi connectivity index (χ0n) is 13.4. The zero-order chi connectivity index (χ0) is 15.2. The summed E-state index contributed by atoms with van der Waals surface area (Å²) >= 11 is 1.60. The molecule has 1 aromatic heterocycles. The van der Waals surface area contributed by atoms with E-state index in [9.17, 15) is 4.79 Å². The lowest BCUT2D eigenvalue weighted by Crippen LogP contribution is -2.33. The number of halogens is 1. The summed E-state index contributed by atoms with van der Waals surface area (Å²) in [6.45, 7) is 3.74. The molecule has 22 heavy (non-hydrogen) atoms. The molecule has 2 aromatic rings. The maximum atomic E-state index is 12.4. The lowest BCUT2D eigenvalue weighted by Gasteiger charge is -2.20. The van der Waals surface area contributed by atoms with E-state index in [-0.39, 0.29) is 18.3 Å². The molecule has 0 bridgehead atoms. The van der Waals surface area contributed by atoms with Gasteiger partial charge in [0.1, 0.15) is 0 Å². The quantitative estimate of drug-likeness (QED) is 0.768. The Labute approximate surface area is 142 Å². The number of hydrogen-bond donors (Lipinski definition) is 0. The predicted octanol–water partition coefficient (Wildman–Crippen LogP) is 3.80. The predicted molar refractivity (Wildman–Crippen MR) is 97.3 cm³/mol. The van der Waals surface area contributed by atoms with Gasteiger partial charge in [-0.15, -0.1) is 12.4 Å². The first-order chi connectivity index (χ1) is 10.1. The average molecular weight is 342 g/mol. The third kappa shape index (κ3) is 4.93. The highest BCUT2D eigenvalue weighted by atomic mass is 35.5. The molecule has 0 N–H and O–H groups in total. The summed E-state index contributed by atoms with van der Waals surface area (Å²) in [6.07, 6.45) is 2.41. The lowest BCUT2D eigenvalue weighted by molar-refractivity contribution is -0.118. The van der Waals surface area contributed by atoms with Gasteiger partial charge in [0.25, 0.3) is 0 Å².